The van der Waals surface area contributed by atoms with Crippen LogP contribution in [0.1, 0.15) is 39.5 Å². The lowest BCUT2D eigenvalue weighted by Crippen LogP contribution is -2.40. The molecule has 1 fully saturated rings. The second kappa shape index (κ2) is 17.3. The Kier molecular flexibility index (Phi) is 17.2. The van der Waals surface area contributed by atoms with E-state index in [4.69, 9.17) is 14.5 Å². The van der Waals surface area contributed by atoms with Gasteiger partial charge < -0.3 is 25.0 Å². The van der Waals surface area contributed by atoms with Crippen LogP contribution in [0.3, 0.4) is 0 Å². The molecule has 0 amide bonds. The van der Waals surface area contributed by atoms with E-state index in [2.05, 4.69) is 36.4 Å². The predicted octanol–water partition coefficient (Wildman–Crippen LogP) is 2.33. The average molecular weight is 470 g/mol. The number of nitrogens with zero attached hydrogens (tertiary/aromatic N) is 2. The number of ether oxygens (including phenoxy) is 2. The minimum Gasteiger partial charge on any atom is -0.379 e. The normalized spacial score (nSPS) is 18.7. The summed E-state index contributed by atoms with van der Waals surface area (Å²) >= 11 is 0. The molecular formula is C18H39IN4O2. The Morgan fingerprint density at radius 1 is 1.12 bits per heavy atom. The molecule has 0 radical (unpaired) electrons. The van der Waals surface area contributed by atoms with Gasteiger partial charge in [0.2, 0.25) is 0 Å². The molecule has 1 aliphatic rings. The van der Waals surface area contributed by atoms with Crippen LogP contribution in [0.5, 0.6) is 0 Å². The highest BCUT2D eigenvalue weighted by atomic mass is 127. The van der Waals surface area contributed by atoms with Gasteiger partial charge in [-0.25, -0.2) is 0 Å². The molecule has 0 aromatic rings. The molecular weight excluding hydrogens is 431 g/mol. The Morgan fingerprint density at radius 2 is 1.88 bits per heavy atom. The first-order valence-corrected chi connectivity index (χ1v) is 9.62. The number of likely N-dealkylation sites (tertiary alicyclic amines) is 1. The van der Waals surface area contributed by atoms with Gasteiger partial charge in [0.1, 0.15) is 0 Å². The summed E-state index contributed by atoms with van der Waals surface area (Å²) in [5.41, 5.74) is 0. The van der Waals surface area contributed by atoms with Crippen molar-refractivity contribution < 1.29 is 9.47 Å². The molecule has 0 aromatic carbocycles. The van der Waals surface area contributed by atoms with E-state index in [1.54, 1.807) is 0 Å². The molecule has 150 valence electrons. The molecule has 0 bridgehead atoms. The van der Waals surface area contributed by atoms with Crippen molar-refractivity contribution in [2.75, 3.05) is 66.2 Å². The third kappa shape index (κ3) is 13.7. The molecule has 7 heteroatoms. The van der Waals surface area contributed by atoms with Gasteiger partial charge in [0, 0.05) is 32.8 Å². The number of guanidine groups is 1. The fourth-order valence-electron chi connectivity index (χ4n) is 2.79. The molecule has 0 saturated carbocycles. The first kappa shape index (κ1) is 24.9. The number of piperidine rings is 1. The molecule has 25 heavy (non-hydrogen) atoms. The number of unbranched alkanes of at least 4 members (excludes halogenated alkanes) is 1. The molecule has 0 aliphatic carbocycles. The summed E-state index contributed by atoms with van der Waals surface area (Å²) in [5.74, 6) is 1.57. The molecule has 1 rings (SSSR count). The minimum atomic E-state index is 0. The summed E-state index contributed by atoms with van der Waals surface area (Å²) in [4.78, 5) is 7.13. The Labute approximate surface area is 171 Å². The Hall–Kier alpha value is -0.120. The molecule has 2 N–H and O–H groups in total. The van der Waals surface area contributed by atoms with Crippen LogP contribution in [0.25, 0.3) is 0 Å². The molecule has 1 aliphatic heterocycles. The smallest absolute Gasteiger partial charge is 0.191 e. The minimum absolute atomic E-state index is 0. The van der Waals surface area contributed by atoms with E-state index in [-0.39, 0.29) is 24.0 Å². The lowest BCUT2D eigenvalue weighted by atomic mass is 9.99. The summed E-state index contributed by atoms with van der Waals surface area (Å²) in [6, 6.07) is 0. The third-order valence-corrected chi connectivity index (χ3v) is 4.13. The van der Waals surface area contributed by atoms with E-state index in [1.165, 1.54) is 25.8 Å². The van der Waals surface area contributed by atoms with Gasteiger partial charge in [-0.2, -0.15) is 0 Å². The van der Waals surface area contributed by atoms with Crippen molar-refractivity contribution in [2.45, 2.75) is 39.5 Å². The first-order chi connectivity index (χ1) is 11.8. The lowest BCUT2D eigenvalue weighted by Gasteiger charge is -2.28. The zero-order valence-electron chi connectivity index (χ0n) is 16.4. The van der Waals surface area contributed by atoms with Crippen molar-refractivity contribution in [2.24, 2.45) is 10.9 Å². The van der Waals surface area contributed by atoms with E-state index in [0.29, 0.717) is 25.7 Å². The maximum Gasteiger partial charge on any atom is 0.191 e. The highest BCUT2D eigenvalue weighted by Crippen LogP contribution is 2.14. The molecule has 0 aromatic heterocycles. The number of rotatable bonds is 12. The SMILES string of the molecule is CCCCOCCOCCNC(=NCC1CCCN(C)C1)NCC.I. The quantitative estimate of drug-likeness (QED) is 0.199. The van der Waals surface area contributed by atoms with Gasteiger partial charge in [-0.05, 0) is 45.7 Å². The Balaban J connectivity index is 0.00000576. The van der Waals surface area contributed by atoms with Crippen molar-refractivity contribution in [1.29, 1.82) is 0 Å². The number of nitrogens with one attached hydrogen (secondary N) is 2. The highest BCUT2D eigenvalue weighted by molar-refractivity contribution is 14.0. The Morgan fingerprint density at radius 3 is 2.56 bits per heavy atom. The second-order valence-electron chi connectivity index (χ2n) is 6.50. The van der Waals surface area contributed by atoms with Crippen LogP contribution in [0.15, 0.2) is 4.99 Å². The van der Waals surface area contributed by atoms with Crippen LogP contribution in [0.4, 0.5) is 0 Å². The van der Waals surface area contributed by atoms with E-state index >= 15 is 0 Å². The van der Waals surface area contributed by atoms with E-state index in [1.807, 2.05) is 0 Å². The maximum absolute atomic E-state index is 5.57. The van der Waals surface area contributed by atoms with Crippen LogP contribution in [-0.4, -0.2) is 77.1 Å². The Bertz CT molecular complexity index is 332. The first-order valence-electron chi connectivity index (χ1n) is 9.62. The van der Waals surface area contributed by atoms with Gasteiger partial charge in [-0.3, -0.25) is 4.99 Å². The van der Waals surface area contributed by atoms with Gasteiger partial charge in [-0.1, -0.05) is 13.3 Å². The van der Waals surface area contributed by atoms with Crippen LogP contribution < -0.4 is 10.6 Å². The standard InChI is InChI=1S/C18H38N4O2.HI/c1-4-6-11-23-13-14-24-12-9-20-18(19-5-2)21-15-17-8-7-10-22(3)16-17;/h17H,4-16H2,1-3H3,(H2,19,20,21);1H. The summed E-state index contributed by atoms with van der Waals surface area (Å²) in [6.45, 7) is 12.0. The van der Waals surface area contributed by atoms with Crippen molar-refractivity contribution in [3.05, 3.63) is 0 Å². The van der Waals surface area contributed by atoms with E-state index in [9.17, 15) is 0 Å². The number of aliphatic imine (C=N–C) groups is 1. The van der Waals surface area contributed by atoms with Gasteiger partial charge in [-0.15, -0.1) is 24.0 Å². The molecule has 1 saturated heterocycles. The molecule has 6 nitrogen and oxygen atoms in total. The summed E-state index contributed by atoms with van der Waals surface area (Å²) in [5, 5.41) is 6.65. The molecule has 1 unspecified atom stereocenters. The van der Waals surface area contributed by atoms with Gasteiger partial charge in [0.25, 0.3) is 0 Å². The van der Waals surface area contributed by atoms with Crippen molar-refractivity contribution in [3.8, 4) is 0 Å². The van der Waals surface area contributed by atoms with Gasteiger partial charge in [0.05, 0.1) is 19.8 Å². The average Bonchev–Trinajstić information content (AvgIpc) is 2.58. The summed E-state index contributed by atoms with van der Waals surface area (Å²) in [7, 11) is 2.20. The summed E-state index contributed by atoms with van der Waals surface area (Å²) < 4.78 is 11.0. The largest absolute Gasteiger partial charge is 0.379 e. The van der Waals surface area contributed by atoms with Gasteiger partial charge in [0.15, 0.2) is 5.96 Å². The highest BCUT2D eigenvalue weighted by Gasteiger charge is 2.16. The van der Waals surface area contributed by atoms with Gasteiger partial charge >= 0.3 is 0 Å². The lowest BCUT2D eigenvalue weighted by molar-refractivity contribution is 0.0487. The van der Waals surface area contributed by atoms with Crippen LogP contribution in [0.2, 0.25) is 0 Å². The molecule has 1 heterocycles. The van der Waals surface area contributed by atoms with E-state index < -0.39 is 0 Å². The molecule has 0 spiro atoms. The fourth-order valence-corrected chi connectivity index (χ4v) is 2.79. The fraction of sp³-hybridized carbons (Fsp3) is 0.944. The van der Waals surface area contributed by atoms with Crippen molar-refractivity contribution in [1.82, 2.24) is 15.5 Å². The maximum atomic E-state index is 5.57. The monoisotopic (exact) mass is 470 g/mol. The van der Waals surface area contributed by atoms with Crippen molar-refractivity contribution >= 4 is 29.9 Å². The second-order valence-corrected chi connectivity index (χ2v) is 6.50. The van der Waals surface area contributed by atoms with Crippen LogP contribution >= 0.6 is 24.0 Å². The number of hydrogen-bond acceptors (Lipinski definition) is 4. The van der Waals surface area contributed by atoms with Crippen molar-refractivity contribution in [3.63, 3.8) is 0 Å². The molecule has 1 atom stereocenters. The third-order valence-electron chi connectivity index (χ3n) is 4.13. The predicted molar refractivity (Wildman–Crippen MR) is 116 cm³/mol. The van der Waals surface area contributed by atoms with Crippen LogP contribution in [0, 0.1) is 5.92 Å². The zero-order chi connectivity index (χ0) is 17.5. The summed E-state index contributed by atoms with van der Waals surface area (Å²) in [6.07, 6.45) is 4.87. The number of hydrogen-bond donors (Lipinski definition) is 2. The van der Waals surface area contributed by atoms with E-state index in [0.717, 1.165) is 45.2 Å². The topological polar surface area (TPSA) is 58.1 Å². The van der Waals surface area contributed by atoms with Crippen LogP contribution in [-0.2, 0) is 9.47 Å². The number of halogens is 1. The zero-order valence-corrected chi connectivity index (χ0v) is 18.7.